The number of carbonyl (C=O) groups excluding carboxylic acids is 3. The van der Waals surface area contributed by atoms with Crippen LogP contribution in [0.15, 0.2) is 82.9 Å². The minimum Gasteiger partial charge on any atom is -0.325 e. The summed E-state index contributed by atoms with van der Waals surface area (Å²) in [5, 5.41) is 2.46. The molecule has 2 aromatic carbocycles. The molecule has 39 heavy (non-hydrogen) atoms. The van der Waals surface area contributed by atoms with Crippen LogP contribution in [0.2, 0.25) is 0 Å². The monoisotopic (exact) mass is 560 g/mol. The third-order valence-electron chi connectivity index (χ3n) is 6.81. The molecular weight excluding hydrogens is 539 g/mol. The molecule has 1 fully saturated rings. The average molecular weight is 561 g/mol. The number of nitrogens with one attached hydrogen (secondary N) is 1. The highest BCUT2D eigenvalue weighted by atomic mass is 32.2. The van der Waals surface area contributed by atoms with Crippen molar-refractivity contribution in [2.24, 2.45) is 5.92 Å². The van der Waals surface area contributed by atoms with Crippen molar-refractivity contribution in [3.8, 4) is 0 Å². The molecule has 8 nitrogen and oxygen atoms in total. The number of nitrogens with zero attached hydrogens (tertiary/aromatic N) is 3. The molecule has 1 N–H and O–H groups in total. The number of imide groups is 1. The summed E-state index contributed by atoms with van der Waals surface area (Å²) in [5.74, 6) is -3.14. The van der Waals surface area contributed by atoms with Gasteiger partial charge in [0.15, 0.2) is 0 Å². The molecule has 2 aromatic heterocycles. The molecule has 0 saturated carbocycles. The molecular formula is C28H21FN4O4S2. The van der Waals surface area contributed by atoms with E-state index in [1.165, 1.54) is 28.8 Å². The number of carbonyl (C=O) groups is 3. The molecule has 2 aliphatic rings. The van der Waals surface area contributed by atoms with E-state index < -0.39 is 34.7 Å². The predicted molar refractivity (Wildman–Crippen MR) is 146 cm³/mol. The molecule has 0 aliphatic carbocycles. The fourth-order valence-corrected chi connectivity index (χ4v) is 7.77. The Morgan fingerprint density at radius 1 is 1.03 bits per heavy atom. The largest absolute Gasteiger partial charge is 0.325 e. The average Bonchev–Trinajstić information content (AvgIpc) is 3.37. The number of hydrogen-bond acceptors (Lipinski definition) is 7. The summed E-state index contributed by atoms with van der Waals surface area (Å²) in [6, 6.07) is 16.0. The lowest BCUT2D eigenvalue weighted by Crippen LogP contribution is -2.33. The zero-order chi connectivity index (χ0) is 27.3. The number of rotatable bonds is 5. The van der Waals surface area contributed by atoms with E-state index in [0.717, 1.165) is 33.6 Å². The summed E-state index contributed by atoms with van der Waals surface area (Å²) >= 11 is 2.09. The summed E-state index contributed by atoms with van der Waals surface area (Å²) in [6.07, 6.45) is 3.23. The van der Waals surface area contributed by atoms with Gasteiger partial charge in [-0.05, 0) is 55.0 Å². The second-order valence-electron chi connectivity index (χ2n) is 9.35. The van der Waals surface area contributed by atoms with Gasteiger partial charge in [-0.1, -0.05) is 46.9 Å². The van der Waals surface area contributed by atoms with Crippen LogP contribution in [0.25, 0.3) is 0 Å². The smallest absolute Gasteiger partial charge is 0.308 e. The van der Waals surface area contributed by atoms with Crippen LogP contribution in [0.5, 0.6) is 0 Å². The number of hydrogen-bond donors (Lipinski definition) is 1. The first-order valence-electron chi connectivity index (χ1n) is 12.1. The fraction of sp³-hybridized carbons (Fsp3) is 0.179. The van der Waals surface area contributed by atoms with Gasteiger partial charge >= 0.3 is 4.87 Å². The number of aryl methyl sites for hydroxylation is 1. The van der Waals surface area contributed by atoms with Crippen molar-refractivity contribution < 1.29 is 18.8 Å². The number of benzene rings is 2. The molecule has 6 rings (SSSR count). The Balaban J connectivity index is 1.39. The van der Waals surface area contributed by atoms with Gasteiger partial charge in [0.1, 0.15) is 17.6 Å². The summed E-state index contributed by atoms with van der Waals surface area (Å²) in [7, 11) is 0. The first-order chi connectivity index (χ1) is 18.8. The lowest BCUT2D eigenvalue weighted by molar-refractivity contribution is -0.122. The maximum Gasteiger partial charge on any atom is 0.308 e. The van der Waals surface area contributed by atoms with Crippen LogP contribution in [0, 0.1) is 18.7 Å². The summed E-state index contributed by atoms with van der Waals surface area (Å²) in [5.41, 5.74) is 2.63. The number of amides is 3. The second kappa shape index (κ2) is 9.90. The zero-order valence-electron chi connectivity index (χ0n) is 20.5. The number of thiazole rings is 1. The number of thioether (sulfide) groups is 1. The summed E-state index contributed by atoms with van der Waals surface area (Å²) in [4.78, 5) is 59.1. The fourth-order valence-electron chi connectivity index (χ4n) is 5.00. The first kappa shape index (κ1) is 25.2. The van der Waals surface area contributed by atoms with E-state index >= 15 is 0 Å². The van der Waals surface area contributed by atoms with Crippen molar-refractivity contribution in [3.63, 3.8) is 0 Å². The van der Waals surface area contributed by atoms with Gasteiger partial charge in [-0.3, -0.25) is 28.7 Å². The van der Waals surface area contributed by atoms with Crippen molar-refractivity contribution in [3.05, 3.63) is 105 Å². The van der Waals surface area contributed by atoms with Gasteiger partial charge in [-0.2, -0.15) is 0 Å². The zero-order valence-corrected chi connectivity index (χ0v) is 22.2. The predicted octanol–water partition coefficient (Wildman–Crippen LogP) is 4.19. The van der Waals surface area contributed by atoms with Gasteiger partial charge in [0, 0.05) is 28.9 Å². The Labute approximate surface area is 230 Å². The molecule has 11 heteroatoms. The standard InChI is InChI=1S/C28H21FN4O4S2/c1-15-4-8-18(9-5-15)31-20(34)14-32-27-24(39-28(32)37)21(16-3-2-12-30-13-16)22-23(38-27)26(36)33(25(22)35)19-10-6-17(29)7-11-19/h2-13,21-23H,14H2,1H3,(H,31,34). The van der Waals surface area contributed by atoms with Crippen LogP contribution in [0.3, 0.4) is 0 Å². The van der Waals surface area contributed by atoms with Gasteiger partial charge < -0.3 is 5.32 Å². The molecule has 3 unspecified atom stereocenters. The third kappa shape index (κ3) is 4.47. The van der Waals surface area contributed by atoms with Crippen molar-refractivity contribution in [1.29, 1.82) is 0 Å². The number of aromatic nitrogens is 2. The Bertz CT molecular complexity index is 1650. The molecule has 3 amide bonds. The summed E-state index contributed by atoms with van der Waals surface area (Å²) in [6.45, 7) is 1.70. The molecule has 4 aromatic rings. The Kier molecular flexibility index (Phi) is 6.40. The quantitative estimate of drug-likeness (QED) is 0.368. The normalized spacial score (nSPS) is 20.1. The van der Waals surface area contributed by atoms with E-state index in [1.807, 2.05) is 25.1 Å². The number of anilines is 2. The van der Waals surface area contributed by atoms with Crippen LogP contribution in [0.4, 0.5) is 15.8 Å². The molecule has 1 saturated heterocycles. The lowest BCUT2D eigenvalue weighted by atomic mass is 9.84. The van der Waals surface area contributed by atoms with Crippen LogP contribution in [-0.2, 0) is 20.9 Å². The minimum absolute atomic E-state index is 0.244. The van der Waals surface area contributed by atoms with Crippen LogP contribution >= 0.6 is 23.1 Å². The number of pyridine rings is 1. The lowest BCUT2D eigenvalue weighted by Gasteiger charge is -2.30. The van der Waals surface area contributed by atoms with E-state index in [9.17, 15) is 23.6 Å². The third-order valence-corrected chi connectivity index (χ3v) is 9.42. The van der Waals surface area contributed by atoms with Gasteiger partial charge in [0.05, 0.1) is 16.6 Å². The highest BCUT2D eigenvalue weighted by Gasteiger charge is 2.56. The van der Waals surface area contributed by atoms with Crippen molar-refractivity contribution in [2.45, 2.75) is 29.7 Å². The van der Waals surface area contributed by atoms with Gasteiger partial charge in [0.25, 0.3) is 0 Å². The maximum atomic E-state index is 13.8. The molecule has 196 valence electrons. The maximum absolute atomic E-state index is 13.8. The Morgan fingerprint density at radius 3 is 2.46 bits per heavy atom. The minimum atomic E-state index is -0.833. The number of halogens is 1. The first-order valence-corrected chi connectivity index (χ1v) is 13.8. The summed E-state index contributed by atoms with van der Waals surface area (Å²) < 4.78 is 14.9. The van der Waals surface area contributed by atoms with Crippen LogP contribution in [-0.4, -0.2) is 32.5 Å². The van der Waals surface area contributed by atoms with Crippen molar-refractivity contribution in [1.82, 2.24) is 9.55 Å². The van der Waals surface area contributed by atoms with Gasteiger partial charge in [0.2, 0.25) is 17.7 Å². The highest BCUT2D eigenvalue weighted by Crippen LogP contribution is 2.53. The SMILES string of the molecule is Cc1ccc(NC(=O)Cn2c3c(sc2=O)C(c2cccnc2)C2C(=O)N(c4ccc(F)cc4)C(=O)C2S3)cc1. The van der Waals surface area contributed by atoms with Crippen molar-refractivity contribution >= 4 is 52.2 Å². The Morgan fingerprint density at radius 2 is 1.77 bits per heavy atom. The second-order valence-corrected chi connectivity index (χ2v) is 11.5. The topological polar surface area (TPSA) is 101 Å². The molecule has 4 heterocycles. The Hall–Kier alpha value is -4.09. The molecule has 0 bridgehead atoms. The van der Waals surface area contributed by atoms with Crippen LogP contribution in [0.1, 0.15) is 21.9 Å². The van der Waals surface area contributed by atoms with E-state index in [4.69, 9.17) is 0 Å². The molecule has 2 aliphatic heterocycles. The van der Waals surface area contributed by atoms with E-state index in [0.29, 0.717) is 21.2 Å². The van der Waals surface area contributed by atoms with E-state index in [-0.39, 0.29) is 23.0 Å². The van der Waals surface area contributed by atoms with E-state index in [2.05, 4.69) is 10.3 Å². The van der Waals surface area contributed by atoms with Crippen LogP contribution < -0.4 is 15.1 Å². The van der Waals surface area contributed by atoms with Gasteiger partial charge in [-0.25, -0.2) is 9.29 Å². The molecule has 0 radical (unpaired) electrons. The molecule has 0 spiro atoms. The van der Waals surface area contributed by atoms with Crippen molar-refractivity contribution in [2.75, 3.05) is 10.2 Å². The highest BCUT2D eigenvalue weighted by molar-refractivity contribution is 8.00. The van der Waals surface area contributed by atoms with E-state index in [1.54, 1.807) is 30.6 Å². The molecule has 3 atom stereocenters. The number of fused-ring (bicyclic) bond motifs is 2. The van der Waals surface area contributed by atoms with Gasteiger partial charge in [-0.15, -0.1) is 0 Å².